The largest absolute Gasteiger partial charge is 0.356 e. The van der Waals surface area contributed by atoms with Gasteiger partial charge in [0, 0.05) is 36.2 Å². The Balaban J connectivity index is 1.73. The lowest BCUT2D eigenvalue weighted by molar-refractivity contribution is -0.124. The fraction of sp³-hybridized carbons (Fsp3) is 0.611. The number of carbonyl (C=O) groups excluding carboxylic acids is 1. The third-order valence-corrected chi connectivity index (χ3v) is 5.64. The molecule has 1 N–H and O–H groups in total. The molecule has 1 saturated heterocycles. The van der Waals surface area contributed by atoms with E-state index in [9.17, 15) is 9.00 Å². The summed E-state index contributed by atoms with van der Waals surface area (Å²) in [4.78, 5) is 15.0. The van der Waals surface area contributed by atoms with E-state index in [-0.39, 0.29) is 11.8 Å². The van der Waals surface area contributed by atoms with Crippen LogP contribution in [0.3, 0.4) is 0 Å². The van der Waals surface area contributed by atoms with Crippen molar-refractivity contribution in [2.24, 2.45) is 11.8 Å². The molecule has 1 amide bonds. The van der Waals surface area contributed by atoms with Gasteiger partial charge in [0.1, 0.15) is 0 Å². The molecule has 0 radical (unpaired) electrons. The summed E-state index contributed by atoms with van der Waals surface area (Å²) in [6.45, 7) is 7.51. The molecule has 128 valence electrons. The first-order valence-corrected chi connectivity index (χ1v) is 9.81. The summed E-state index contributed by atoms with van der Waals surface area (Å²) in [5, 5.41) is 3.04. The molecule has 0 saturated carbocycles. The minimum atomic E-state index is -0.925. The number of hydrogen-bond donors (Lipinski definition) is 1. The average Bonchev–Trinajstić information content (AvgIpc) is 2.58. The number of carbonyl (C=O) groups is 1. The molecule has 2 rings (SSSR count). The summed E-state index contributed by atoms with van der Waals surface area (Å²) in [6, 6.07) is 9.66. The smallest absolute Gasteiger partial charge is 0.222 e. The van der Waals surface area contributed by atoms with Crippen molar-refractivity contribution >= 4 is 16.7 Å². The van der Waals surface area contributed by atoms with E-state index in [1.807, 2.05) is 44.2 Å². The predicted octanol–water partition coefficient (Wildman–Crippen LogP) is 2.28. The SMILES string of the molecule is CC(C)C(=O)NCC1CCCN(CCS(=O)c2ccccc2)C1. The second-order valence-corrected chi connectivity index (χ2v) is 8.14. The topological polar surface area (TPSA) is 49.4 Å². The van der Waals surface area contributed by atoms with Gasteiger partial charge in [0.05, 0.1) is 10.8 Å². The van der Waals surface area contributed by atoms with Crippen molar-refractivity contribution in [3.05, 3.63) is 30.3 Å². The van der Waals surface area contributed by atoms with Crippen molar-refractivity contribution in [2.45, 2.75) is 31.6 Å². The summed E-state index contributed by atoms with van der Waals surface area (Å²) < 4.78 is 12.3. The van der Waals surface area contributed by atoms with Crippen LogP contribution in [0.5, 0.6) is 0 Å². The second kappa shape index (κ2) is 9.18. The molecule has 0 aromatic heterocycles. The van der Waals surface area contributed by atoms with Crippen molar-refractivity contribution in [1.29, 1.82) is 0 Å². The highest BCUT2D eigenvalue weighted by atomic mass is 32.2. The van der Waals surface area contributed by atoms with Crippen molar-refractivity contribution in [1.82, 2.24) is 10.2 Å². The predicted molar refractivity (Wildman–Crippen MR) is 94.7 cm³/mol. The molecule has 23 heavy (non-hydrogen) atoms. The second-order valence-electron chi connectivity index (χ2n) is 6.57. The molecule has 2 unspecified atom stereocenters. The highest BCUT2D eigenvalue weighted by Gasteiger charge is 2.21. The summed E-state index contributed by atoms with van der Waals surface area (Å²) in [7, 11) is -0.925. The molecule has 1 aliphatic rings. The number of likely N-dealkylation sites (tertiary alicyclic amines) is 1. The zero-order valence-electron chi connectivity index (χ0n) is 14.2. The van der Waals surface area contributed by atoms with Gasteiger partial charge < -0.3 is 10.2 Å². The van der Waals surface area contributed by atoms with Crippen LogP contribution in [0.4, 0.5) is 0 Å². The molecule has 0 spiro atoms. The lowest BCUT2D eigenvalue weighted by atomic mass is 9.98. The molecular formula is C18H28N2O2S. The maximum atomic E-state index is 12.3. The van der Waals surface area contributed by atoms with Crippen molar-refractivity contribution in [3.63, 3.8) is 0 Å². The lowest BCUT2D eigenvalue weighted by Crippen LogP contribution is -2.42. The molecular weight excluding hydrogens is 308 g/mol. The summed E-state index contributed by atoms with van der Waals surface area (Å²) in [5.41, 5.74) is 0. The van der Waals surface area contributed by atoms with E-state index in [0.717, 1.165) is 43.9 Å². The third kappa shape index (κ3) is 6.07. The lowest BCUT2D eigenvalue weighted by Gasteiger charge is -2.32. The van der Waals surface area contributed by atoms with Gasteiger partial charge >= 0.3 is 0 Å². The molecule has 5 heteroatoms. The van der Waals surface area contributed by atoms with Crippen LogP contribution < -0.4 is 5.32 Å². The van der Waals surface area contributed by atoms with Crippen molar-refractivity contribution in [3.8, 4) is 0 Å². The maximum Gasteiger partial charge on any atom is 0.222 e. The van der Waals surface area contributed by atoms with Gasteiger partial charge in [-0.2, -0.15) is 0 Å². The summed E-state index contributed by atoms with van der Waals surface area (Å²) in [5.74, 6) is 1.36. The van der Waals surface area contributed by atoms with Crippen LogP contribution in [0.15, 0.2) is 35.2 Å². The zero-order valence-corrected chi connectivity index (χ0v) is 15.0. The number of amides is 1. The van der Waals surface area contributed by atoms with E-state index in [1.165, 1.54) is 0 Å². The Morgan fingerprint density at radius 2 is 2.09 bits per heavy atom. The first-order chi connectivity index (χ1) is 11.1. The Morgan fingerprint density at radius 1 is 1.35 bits per heavy atom. The van der Waals surface area contributed by atoms with Crippen LogP contribution in [0, 0.1) is 11.8 Å². The molecule has 1 aliphatic heterocycles. The Labute approximate surface area is 142 Å². The summed E-state index contributed by atoms with van der Waals surface area (Å²) in [6.07, 6.45) is 2.32. The third-order valence-electron chi connectivity index (χ3n) is 4.29. The average molecular weight is 337 g/mol. The first-order valence-electron chi connectivity index (χ1n) is 8.49. The van der Waals surface area contributed by atoms with Crippen LogP contribution in [-0.4, -0.2) is 46.9 Å². The Bertz CT molecular complexity index is 519. The molecule has 1 aromatic rings. The van der Waals surface area contributed by atoms with Crippen molar-refractivity contribution in [2.75, 3.05) is 31.9 Å². The number of benzene rings is 1. The molecule has 4 nitrogen and oxygen atoms in total. The number of nitrogens with one attached hydrogen (secondary N) is 1. The number of rotatable bonds is 7. The van der Waals surface area contributed by atoms with Gasteiger partial charge in [-0.25, -0.2) is 0 Å². The summed E-state index contributed by atoms with van der Waals surface area (Å²) >= 11 is 0. The van der Waals surface area contributed by atoms with Crippen LogP contribution in [0.1, 0.15) is 26.7 Å². The van der Waals surface area contributed by atoms with E-state index in [0.29, 0.717) is 11.7 Å². The van der Waals surface area contributed by atoms with Gasteiger partial charge in [0.25, 0.3) is 0 Å². The van der Waals surface area contributed by atoms with Crippen molar-refractivity contribution < 1.29 is 9.00 Å². The Morgan fingerprint density at radius 3 is 2.78 bits per heavy atom. The normalized spacial score (nSPS) is 20.4. The highest BCUT2D eigenvalue weighted by Crippen LogP contribution is 2.16. The van der Waals surface area contributed by atoms with Crippen LogP contribution >= 0.6 is 0 Å². The van der Waals surface area contributed by atoms with Crippen LogP contribution in [0.2, 0.25) is 0 Å². The fourth-order valence-electron chi connectivity index (χ4n) is 2.87. The highest BCUT2D eigenvalue weighted by molar-refractivity contribution is 7.85. The number of nitrogens with zero attached hydrogens (tertiary/aromatic N) is 1. The van der Waals surface area contributed by atoms with E-state index < -0.39 is 10.8 Å². The fourth-order valence-corrected chi connectivity index (χ4v) is 3.99. The van der Waals surface area contributed by atoms with E-state index in [1.54, 1.807) is 0 Å². The molecule has 1 fully saturated rings. The number of piperidine rings is 1. The quantitative estimate of drug-likeness (QED) is 0.831. The molecule has 1 heterocycles. The van der Waals surface area contributed by atoms with E-state index >= 15 is 0 Å². The van der Waals surface area contributed by atoms with Gasteiger partial charge in [0.2, 0.25) is 5.91 Å². The standard InChI is InChI=1S/C18H28N2O2S/c1-15(2)18(21)19-13-16-7-6-10-20(14-16)11-12-23(22)17-8-4-3-5-9-17/h3-5,8-9,15-16H,6-7,10-14H2,1-2H3,(H,19,21). The van der Waals surface area contributed by atoms with Gasteiger partial charge in [0.15, 0.2) is 0 Å². The van der Waals surface area contributed by atoms with E-state index in [2.05, 4.69) is 10.2 Å². The van der Waals surface area contributed by atoms with Gasteiger partial charge in [-0.3, -0.25) is 9.00 Å². The molecule has 0 bridgehead atoms. The molecule has 2 atom stereocenters. The van der Waals surface area contributed by atoms with E-state index in [4.69, 9.17) is 0 Å². The maximum absolute atomic E-state index is 12.3. The Kier molecular flexibility index (Phi) is 7.24. The van der Waals surface area contributed by atoms with Gasteiger partial charge in [-0.15, -0.1) is 0 Å². The molecule has 1 aromatic carbocycles. The first kappa shape index (κ1) is 18.1. The van der Waals surface area contributed by atoms with Gasteiger partial charge in [-0.1, -0.05) is 32.0 Å². The van der Waals surface area contributed by atoms with Crippen LogP contribution in [0.25, 0.3) is 0 Å². The monoisotopic (exact) mass is 336 g/mol. The zero-order chi connectivity index (χ0) is 16.7. The number of hydrogen-bond acceptors (Lipinski definition) is 3. The Hall–Kier alpha value is -1.20. The minimum absolute atomic E-state index is 0.0444. The molecule has 0 aliphatic carbocycles. The van der Waals surface area contributed by atoms with Crippen LogP contribution in [-0.2, 0) is 15.6 Å². The minimum Gasteiger partial charge on any atom is -0.356 e. The van der Waals surface area contributed by atoms with Gasteiger partial charge in [-0.05, 0) is 37.4 Å².